The predicted molar refractivity (Wildman–Crippen MR) is 89.5 cm³/mol. The lowest BCUT2D eigenvalue weighted by Crippen LogP contribution is -2.44. The Kier molecular flexibility index (Phi) is 5.20. The van der Waals surface area contributed by atoms with Gasteiger partial charge >= 0.3 is 0 Å². The van der Waals surface area contributed by atoms with Gasteiger partial charge in [-0.1, -0.05) is 22.4 Å². The van der Waals surface area contributed by atoms with Crippen LogP contribution in [0.3, 0.4) is 0 Å². The first-order chi connectivity index (χ1) is 11.1. The lowest BCUT2D eigenvalue weighted by atomic mass is 9.86. The number of fused-ring (bicyclic) bond motifs is 2. The lowest BCUT2D eigenvalue weighted by Gasteiger charge is -2.20. The van der Waals surface area contributed by atoms with Crippen LogP contribution in [0.4, 0.5) is 0 Å². The van der Waals surface area contributed by atoms with Crippen molar-refractivity contribution in [3.05, 3.63) is 28.7 Å². The van der Waals surface area contributed by atoms with Crippen molar-refractivity contribution in [1.82, 2.24) is 10.9 Å². The van der Waals surface area contributed by atoms with E-state index in [-0.39, 0.29) is 18.4 Å². The molecule has 5 nitrogen and oxygen atoms in total. The van der Waals surface area contributed by atoms with Crippen molar-refractivity contribution in [3.63, 3.8) is 0 Å². The molecule has 3 rings (SSSR count). The van der Waals surface area contributed by atoms with Crippen molar-refractivity contribution in [2.45, 2.75) is 32.1 Å². The summed E-state index contributed by atoms with van der Waals surface area (Å²) in [6.07, 6.45) is 5.54. The summed E-state index contributed by atoms with van der Waals surface area (Å²) in [6.45, 7) is -0.129. The van der Waals surface area contributed by atoms with Crippen molar-refractivity contribution in [1.29, 1.82) is 0 Å². The summed E-state index contributed by atoms with van der Waals surface area (Å²) in [4.78, 5) is 23.6. The molecule has 2 saturated carbocycles. The number of hydrogen-bond acceptors (Lipinski definition) is 3. The molecular formula is C17H21BrN2O3. The monoisotopic (exact) mass is 380 g/mol. The van der Waals surface area contributed by atoms with Crippen LogP contribution in [0.1, 0.15) is 32.1 Å². The van der Waals surface area contributed by atoms with Gasteiger partial charge in [0.05, 0.1) is 0 Å². The molecular weight excluding hydrogens is 360 g/mol. The number of amides is 2. The molecule has 2 fully saturated rings. The van der Waals surface area contributed by atoms with Gasteiger partial charge in [0.1, 0.15) is 5.75 Å². The number of halogens is 1. The molecule has 6 heteroatoms. The second-order valence-electron chi connectivity index (χ2n) is 6.48. The van der Waals surface area contributed by atoms with Crippen LogP contribution in [-0.2, 0) is 9.59 Å². The van der Waals surface area contributed by atoms with Gasteiger partial charge in [-0.3, -0.25) is 20.4 Å². The summed E-state index contributed by atoms with van der Waals surface area (Å²) >= 11 is 3.33. The highest BCUT2D eigenvalue weighted by Crippen LogP contribution is 2.49. The Labute approximate surface area is 144 Å². The van der Waals surface area contributed by atoms with Crippen LogP contribution in [0.25, 0.3) is 0 Å². The fraction of sp³-hybridized carbons (Fsp3) is 0.529. The SMILES string of the molecule is O=C(COc1ccc(Br)cc1)NNC(=O)CC1CC2CCC1C2. The first-order valence-corrected chi connectivity index (χ1v) is 8.85. The minimum atomic E-state index is -0.366. The zero-order valence-electron chi connectivity index (χ0n) is 12.9. The van der Waals surface area contributed by atoms with E-state index < -0.39 is 0 Å². The Bertz CT molecular complexity index is 576. The smallest absolute Gasteiger partial charge is 0.276 e. The predicted octanol–water partition coefficient (Wildman–Crippen LogP) is 2.80. The first kappa shape index (κ1) is 16.3. The van der Waals surface area contributed by atoms with Crippen molar-refractivity contribution in [3.8, 4) is 5.75 Å². The average molecular weight is 381 g/mol. The molecule has 0 saturated heterocycles. The number of rotatable bonds is 5. The maximum absolute atomic E-state index is 11.9. The third-order valence-corrected chi connectivity index (χ3v) is 5.39. The lowest BCUT2D eigenvalue weighted by molar-refractivity contribution is -0.130. The van der Waals surface area contributed by atoms with Gasteiger partial charge in [0.2, 0.25) is 5.91 Å². The van der Waals surface area contributed by atoms with Crippen molar-refractivity contribution >= 4 is 27.7 Å². The Morgan fingerprint density at radius 2 is 1.83 bits per heavy atom. The highest BCUT2D eigenvalue weighted by Gasteiger charge is 2.40. The number of hydrogen-bond donors (Lipinski definition) is 2. The first-order valence-electron chi connectivity index (χ1n) is 8.06. The topological polar surface area (TPSA) is 67.4 Å². The molecule has 1 aromatic rings. The number of ether oxygens (including phenoxy) is 1. The fourth-order valence-electron chi connectivity index (χ4n) is 3.77. The van der Waals surface area contributed by atoms with Crippen molar-refractivity contribution in [2.75, 3.05) is 6.61 Å². The van der Waals surface area contributed by atoms with Crippen molar-refractivity contribution in [2.24, 2.45) is 17.8 Å². The van der Waals surface area contributed by atoms with E-state index in [2.05, 4.69) is 26.8 Å². The molecule has 0 radical (unpaired) electrons. The second kappa shape index (κ2) is 7.34. The van der Waals surface area contributed by atoms with Gasteiger partial charge in [-0.25, -0.2) is 0 Å². The normalized spacial score (nSPS) is 25.2. The third kappa shape index (κ3) is 4.47. The molecule has 124 valence electrons. The van der Waals surface area contributed by atoms with Gasteiger partial charge in [0.15, 0.2) is 6.61 Å². The largest absolute Gasteiger partial charge is 0.484 e. The van der Waals surface area contributed by atoms with Crippen LogP contribution < -0.4 is 15.6 Å². The summed E-state index contributed by atoms with van der Waals surface area (Å²) in [6, 6.07) is 7.21. The van der Waals surface area contributed by atoms with Crippen LogP contribution in [0, 0.1) is 17.8 Å². The molecule has 2 bridgehead atoms. The quantitative estimate of drug-likeness (QED) is 0.771. The number of nitrogens with one attached hydrogen (secondary N) is 2. The molecule has 2 aliphatic carbocycles. The summed E-state index contributed by atoms with van der Waals surface area (Å²) < 4.78 is 6.29. The van der Waals surface area contributed by atoms with E-state index in [0.717, 1.165) is 10.4 Å². The number of carbonyl (C=O) groups excluding carboxylic acids is 2. The second-order valence-corrected chi connectivity index (χ2v) is 7.39. The Morgan fingerprint density at radius 1 is 1.09 bits per heavy atom. The maximum atomic E-state index is 11.9. The molecule has 2 amide bonds. The van der Waals surface area contributed by atoms with E-state index in [4.69, 9.17) is 4.74 Å². The zero-order chi connectivity index (χ0) is 16.2. The van der Waals surface area contributed by atoms with Crippen LogP contribution in [-0.4, -0.2) is 18.4 Å². The average Bonchev–Trinajstić information content (AvgIpc) is 3.15. The van der Waals surface area contributed by atoms with Crippen molar-refractivity contribution < 1.29 is 14.3 Å². The van der Waals surface area contributed by atoms with E-state index in [1.807, 2.05) is 12.1 Å². The molecule has 0 aromatic heterocycles. The molecule has 1 aromatic carbocycles. The standard InChI is InChI=1S/C17H21BrN2O3/c18-14-3-5-15(6-4-14)23-10-17(22)20-19-16(21)9-13-8-11-1-2-12(13)7-11/h3-6,11-13H,1-2,7-10H2,(H,19,21)(H,20,22). The van der Waals surface area contributed by atoms with E-state index in [1.165, 1.54) is 25.7 Å². The summed E-state index contributed by atoms with van der Waals surface area (Å²) in [7, 11) is 0. The minimum Gasteiger partial charge on any atom is -0.484 e. The Morgan fingerprint density at radius 3 is 2.48 bits per heavy atom. The van der Waals surface area contributed by atoms with Gasteiger partial charge in [0.25, 0.3) is 5.91 Å². The van der Waals surface area contributed by atoms with E-state index >= 15 is 0 Å². The molecule has 2 N–H and O–H groups in total. The van der Waals surface area contributed by atoms with Gasteiger partial charge in [-0.2, -0.15) is 0 Å². The van der Waals surface area contributed by atoms with Crippen LogP contribution in [0.2, 0.25) is 0 Å². The number of benzene rings is 1. The molecule has 3 unspecified atom stereocenters. The summed E-state index contributed by atoms with van der Waals surface area (Å²) in [5, 5.41) is 0. The molecule has 0 heterocycles. The number of hydrazine groups is 1. The Balaban J connectivity index is 1.34. The van der Waals surface area contributed by atoms with Crippen LogP contribution in [0.15, 0.2) is 28.7 Å². The molecule has 0 spiro atoms. The fourth-order valence-corrected chi connectivity index (χ4v) is 4.04. The van der Waals surface area contributed by atoms with Gasteiger partial charge in [0, 0.05) is 10.9 Å². The van der Waals surface area contributed by atoms with E-state index in [9.17, 15) is 9.59 Å². The van der Waals surface area contributed by atoms with Gasteiger partial charge in [-0.05, 0) is 61.3 Å². The molecule has 2 aliphatic rings. The van der Waals surface area contributed by atoms with Gasteiger partial charge < -0.3 is 4.74 Å². The summed E-state index contributed by atoms with van der Waals surface area (Å²) in [5.74, 6) is 2.16. The highest BCUT2D eigenvalue weighted by atomic mass is 79.9. The Hall–Kier alpha value is -1.56. The van der Waals surface area contributed by atoms with E-state index in [1.54, 1.807) is 12.1 Å². The maximum Gasteiger partial charge on any atom is 0.276 e. The zero-order valence-corrected chi connectivity index (χ0v) is 14.5. The van der Waals surface area contributed by atoms with E-state index in [0.29, 0.717) is 24.0 Å². The highest BCUT2D eigenvalue weighted by molar-refractivity contribution is 9.10. The molecule has 3 atom stereocenters. The van der Waals surface area contributed by atoms with Crippen LogP contribution >= 0.6 is 15.9 Å². The van der Waals surface area contributed by atoms with Crippen LogP contribution in [0.5, 0.6) is 5.75 Å². The number of carbonyl (C=O) groups is 2. The third-order valence-electron chi connectivity index (χ3n) is 4.86. The minimum absolute atomic E-state index is 0.112. The van der Waals surface area contributed by atoms with Gasteiger partial charge in [-0.15, -0.1) is 0 Å². The molecule has 0 aliphatic heterocycles. The molecule has 23 heavy (non-hydrogen) atoms. The summed E-state index contributed by atoms with van der Waals surface area (Å²) in [5.41, 5.74) is 4.90.